The fourth-order valence-corrected chi connectivity index (χ4v) is 2.76. The maximum Gasteiger partial charge on any atom is 0.343 e. The minimum atomic E-state index is -0.974. The highest BCUT2D eigenvalue weighted by atomic mass is 16.5. The molecular formula is C25H24N2O4. The number of hydrazone groups is 1. The normalized spacial score (nSPS) is 11.3. The highest BCUT2D eigenvalue weighted by Crippen LogP contribution is 2.22. The second kappa shape index (κ2) is 9.26. The Kier molecular flexibility index (Phi) is 6.50. The van der Waals surface area contributed by atoms with Crippen LogP contribution < -0.4 is 10.2 Å². The molecule has 3 aromatic rings. The van der Waals surface area contributed by atoms with Gasteiger partial charge in [0.2, 0.25) is 0 Å². The monoisotopic (exact) mass is 416 g/mol. The van der Waals surface area contributed by atoms with Gasteiger partial charge in [-0.25, -0.2) is 9.59 Å². The Morgan fingerprint density at radius 1 is 0.871 bits per heavy atom. The number of carboxylic acid groups (broad SMARTS) is 1. The van der Waals surface area contributed by atoms with Crippen molar-refractivity contribution in [2.75, 3.05) is 5.43 Å². The van der Waals surface area contributed by atoms with E-state index in [1.807, 2.05) is 12.1 Å². The largest absolute Gasteiger partial charge is 0.478 e. The van der Waals surface area contributed by atoms with E-state index in [1.165, 1.54) is 12.1 Å². The molecule has 0 bridgehead atoms. The van der Waals surface area contributed by atoms with Crippen LogP contribution in [0.15, 0.2) is 77.9 Å². The van der Waals surface area contributed by atoms with Crippen LogP contribution in [0.3, 0.4) is 0 Å². The van der Waals surface area contributed by atoms with E-state index in [2.05, 4.69) is 31.3 Å². The van der Waals surface area contributed by atoms with Crippen molar-refractivity contribution in [2.45, 2.75) is 26.2 Å². The fraction of sp³-hybridized carbons (Fsp3) is 0.160. The summed E-state index contributed by atoms with van der Waals surface area (Å²) in [7, 11) is 0. The van der Waals surface area contributed by atoms with Gasteiger partial charge in [-0.2, -0.15) is 5.10 Å². The van der Waals surface area contributed by atoms with E-state index in [-0.39, 0.29) is 11.0 Å². The molecule has 0 radical (unpaired) electrons. The molecule has 0 spiro atoms. The number of nitrogens with zero attached hydrogens (tertiary/aromatic N) is 1. The van der Waals surface area contributed by atoms with Crippen LogP contribution in [0.25, 0.3) is 0 Å². The molecule has 0 aliphatic carbocycles. The fourth-order valence-electron chi connectivity index (χ4n) is 2.76. The molecule has 0 aliphatic rings. The molecule has 3 rings (SSSR count). The van der Waals surface area contributed by atoms with E-state index in [0.717, 1.165) is 11.1 Å². The Bertz CT molecular complexity index is 1080. The van der Waals surface area contributed by atoms with Crippen LogP contribution in [0.1, 0.15) is 52.6 Å². The molecule has 6 nitrogen and oxygen atoms in total. The summed E-state index contributed by atoms with van der Waals surface area (Å²) in [4.78, 5) is 23.2. The molecule has 0 heterocycles. The van der Waals surface area contributed by atoms with Crippen LogP contribution in [0.5, 0.6) is 5.75 Å². The van der Waals surface area contributed by atoms with Crippen LogP contribution in [-0.4, -0.2) is 23.3 Å². The number of nitrogens with one attached hydrogen (secondary N) is 1. The van der Waals surface area contributed by atoms with Gasteiger partial charge in [0.05, 0.1) is 23.0 Å². The average Bonchev–Trinajstić information content (AvgIpc) is 2.75. The van der Waals surface area contributed by atoms with Gasteiger partial charge < -0.3 is 9.84 Å². The first-order valence-corrected chi connectivity index (χ1v) is 9.77. The Labute approximate surface area is 181 Å². The van der Waals surface area contributed by atoms with Crippen LogP contribution in [0.2, 0.25) is 0 Å². The first-order valence-electron chi connectivity index (χ1n) is 9.77. The van der Waals surface area contributed by atoms with Crippen molar-refractivity contribution in [3.8, 4) is 5.75 Å². The molecule has 3 aromatic carbocycles. The molecule has 0 aliphatic heterocycles. The van der Waals surface area contributed by atoms with E-state index >= 15 is 0 Å². The molecule has 0 aromatic heterocycles. The number of hydrogen-bond acceptors (Lipinski definition) is 5. The van der Waals surface area contributed by atoms with Gasteiger partial charge in [0.15, 0.2) is 0 Å². The van der Waals surface area contributed by atoms with Gasteiger partial charge in [0.1, 0.15) is 5.75 Å². The molecular weight excluding hydrogens is 392 g/mol. The van der Waals surface area contributed by atoms with Gasteiger partial charge in [-0.05, 0) is 77.2 Å². The number of anilines is 1. The number of carboxylic acids is 1. The van der Waals surface area contributed by atoms with Crippen molar-refractivity contribution in [1.82, 2.24) is 0 Å². The summed E-state index contributed by atoms with van der Waals surface area (Å²) in [6.07, 6.45) is 1.61. The minimum Gasteiger partial charge on any atom is -0.478 e. The number of esters is 1. The second-order valence-electron chi connectivity index (χ2n) is 8.04. The lowest BCUT2D eigenvalue weighted by Crippen LogP contribution is -2.12. The number of hydrogen-bond donors (Lipinski definition) is 2. The van der Waals surface area contributed by atoms with E-state index < -0.39 is 11.9 Å². The van der Waals surface area contributed by atoms with E-state index in [9.17, 15) is 9.59 Å². The van der Waals surface area contributed by atoms with Crippen LogP contribution in [0, 0.1) is 0 Å². The molecule has 0 atom stereocenters. The first kappa shape index (κ1) is 21.8. The van der Waals surface area contributed by atoms with Gasteiger partial charge >= 0.3 is 11.9 Å². The third-order valence-electron chi connectivity index (χ3n) is 4.62. The quantitative estimate of drug-likeness (QED) is 0.245. The Morgan fingerprint density at radius 3 is 2.00 bits per heavy atom. The van der Waals surface area contributed by atoms with Crippen molar-refractivity contribution >= 4 is 23.8 Å². The van der Waals surface area contributed by atoms with E-state index in [0.29, 0.717) is 17.0 Å². The molecule has 6 heteroatoms. The predicted octanol–water partition coefficient (Wildman–Crippen LogP) is 5.35. The summed E-state index contributed by atoms with van der Waals surface area (Å²) in [5, 5.41) is 13.0. The molecule has 0 saturated carbocycles. The maximum absolute atomic E-state index is 12.4. The zero-order chi connectivity index (χ0) is 22.4. The van der Waals surface area contributed by atoms with Crippen LogP contribution in [-0.2, 0) is 5.41 Å². The standard InChI is InChI=1S/C25H24N2O4/c1-25(2,3)20-10-6-19(7-11-20)24(30)31-22-14-4-17(5-15-22)16-26-27-21-12-8-18(9-13-21)23(28)29/h4-16,27H,1-3H3,(H,28,29)/b26-16-. The van der Waals surface area contributed by atoms with Crippen LogP contribution >= 0.6 is 0 Å². The number of benzene rings is 3. The smallest absolute Gasteiger partial charge is 0.343 e. The zero-order valence-corrected chi connectivity index (χ0v) is 17.6. The van der Waals surface area contributed by atoms with E-state index in [1.54, 1.807) is 54.7 Å². The third kappa shape index (κ3) is 6.02. The summed E-state index contributed by atoms with van der Waals surface area (Å²) in [6, 6.07) is 20.7. The number of rotatable bonds is 6. The molecule has 0 amide bonds. The minimum absolute atomic E-state index is 0.0244. The van der Waals surface area contributed by atoms with Crippen molar-refractivity contribution in [3.63, 3.8) is 0 Å². The third-order valence-corrected chi connectivity index (χ3v) is 4.62. The molecule has 31 heavy (non-hydrogen) atoms. The van der Waals surface area contributed by atoms with E-state index in [4.69, 9.17) is 9.84 Å². The lowest BCUT2D eigenvalue weighted by Gasteiger charge is -2.18. The Balaban J connectivity index is 1.56. The molecule has 0 fully saturated rings. The second-order valence-corrected chi connectivity index (χ2v) is 8.04. The van der Waals surface area contributed by atoms with Crippen molar-refractivity contribution < 1.29 is 19.4 Å². The molecule has 158 valence electrons. The van der Waals surface area contributed by atoms with Crippen molar-refractivity contribution in [2.24, 2.45) is 5.10 Å². The number of aromatic carboxylic acids is 1. The van der Waals surface area contributed by atoms with Crippen LogP contribution in [0.4, 0.5) is 5.69 Å². The highest BCUT2D eigenvalue weighted by molar-refractivity contribution is 5.91. The topological polar surface area (TPSA) is 88.0 Å². The van der Waals surface area contributed by atoms with Crippen molar-refractivity contribution in [3.05, 3.63) is 95.1 Å². The Morgan fingerprint density at radius 2 is 1.45 bits per heavy atom. The first-order chi connectivity index (χ1) is 14.7. The number of ether oxygens (including phenoxy) is 1. The van der Waals surface area contributed by atoms with Gasteiger partial charge in [-0.1, -0.05) is 32.9 Å². The lowest BCUT2D eigenvalue weighted by atomic mass is 9.87. The molecule has 0 saturated heterocycles. The molecule has 0 unspecified atom stereocenters. The average molecular weight is 416 g/mol. The van der Waals surface area contributed by atoms with Gasteiger partial charge in [0, 0.05) is 0 Å². The zero-order valence-electron chi connectivity index (χ0n) is 17.6. The van der Waals surface area contributed by atoms with Gasteiger partial charge in [-0.3, -0.25) is 5.43 Å². The number of carbonyl (C=O) groups excluding carboxylic acids is 1. The predicted molar refractivity (Wildman–Crippen MR) is 121 cm³/mol. The highest BCUT2D eigenvalue weighted by Gasteiger charge is 2.15. The Hall–Kier alpha value is -3.93. The summed E-state index contributed by atoms with van der Waals surface area (Å²) >= 11 is 0. The maximum atomic E-state index is 12.4. The summed E-state index contributed by atoms with van der Waals surface area (Å²) < 4.78 is 5.44. The van der Waals surface area contributed by atoms with Gasteiger partial charge in [-0.15, -0.1) is 0 Å². The summed E-state index contributed by atoms with van der Waals surface area (Å²) in [6.45, 7) is 6.36. The lowest BCUT2D eigenvalue weighted by molar-refractivity contribution is 0.0694. The summed E-state index contributed by atoms with van der Waals surface area (Å²) in [5.74, 6) is -0.939. The summed E-state index contributed by atoms with van der Waals surface area (Å²) in [5.41, 5.74) is 6.20. The molecule has 2 N–H and O–H groups in total. The van der Waals surface area contributed by atoms with Gasteiger partial charge in [0.25, 0.3) is 0 Å². The SMILES string of the molecule is CC(C)(C)c1ccc(C(=O)Oc2ccc(/C=N\Nc3ccc(C(=O)O)cc3)cc2)cc1. The van der Waals surface area contributed by atoms with Crippen molar-refractivity contribution in [1.29, 1.82) is 0 Å². The number of carbonyl (C=O) groups is 2.